The van der Waals surface area contributed by atoms with E-state index < -0.39 is 18.3 Å². The summed E-state index contributed by atoms with van der Waals surface area (Å²) in [6.07, 6.45) is -4.73. The molecule has 25 heavy (non-hydrogen) atoms. The van der Waals surface area contributed by atoms with Gasteiger partial charge in [0, 0.05) is 0 Å². The molecule has 0 aliphatic heterocycles. The van der Waals surface area contributed by atoms with Crippen LogP contribution in [0, 0.1) is 0 Å². The molecule has 0 fully saturated rings. The summed E-state index contributed by atoms with van der Waals surface area (Å²) >= 11 is 3.36. The first kappa shape index (κ1) is 19.3. The van der Waals surface area contributed by atoms with Crippen molar-refractivity contribution < 1.29 is 22.7 Å². The topological polar surface area (TPSA) is 67.0 Å². The Morgan fingerprint density at radius 3 is 2.32 bits per heavy atom. The third-order valence-electron chi connectivity index (χ3n) is 3.49. The minimum atomic E-state index is -4.73. The molecule has 9 heteroatoms. The van der Waals surface area contributed by atoms with Crippen LogP contribution in [-0.2, 0) is 0 Å². The second kappa shape index (κ2) is 7.47. The number of ether oxygens (including phenoxy) is 1. The summed E-state index contributed by atoms with van der Waals surface area (Å²) in [6, 6.07) is 4.91. The summed E-state index contributed by atoms with van der Waals surface area (Å²) in [6.45, 7) is 5.65. The third kappa shape index (κ3) is 4.97. The van der Waals surface area contributed by atoms with Gasteiger partial charge in [0.05, 0.1) is 16.2 Å². The first-order valence-corrected chi connectivity index (χ1v) is 8.28. The maximum absolute atomic E-state index is 12.3. The Morgan fingerprint density at radius 2 is 1.84 bits per heavy atom. The number of carbonyl (C=O) groups excluding carboxylic acids is 1. The highest BCUT2D eigenvalue weighted by Crippen LogP contribution is 2.27. The zero-order valence-corrected chi connectivity index (χ0v) is 15.3. The zero-order valence-electron chi connectivity index (χ0n) is 13.7. The normalized spacial score (nSPS) is 13.0. The number of nitrogens with zero attached hydrogens (tertiary/aromatic N) is 1. The van der Waals surface area contributed by atoms with Crippen LogP contribution in [0.3, 0.4) is 0 Å². The van der Waals surface area contributed by atoms with Crippen LogP contribution < -0.4 is 10.1 Å². The Balaban J connectivity index is 2.06. The number of aromatic nitrogens is 2. The van der Waals surface area contributed by atoms with E-state index in [1.807, 2.05) is 13.8 Å². The van der Waals surface area contributed by atoms with Gasteiger partial charge in [0.15, 0.2) is 5.69 Å². The van der Waals surface area contributed by atoms with Crippen LogP contribution in [-0.4, -0.2) is 22.5 Å². The molecule has 0 spiro atoms. The second-order valence-electron chi connectivity index (χ2n) is 5.77. The molecule has 5 nitrogen and oxygen atoms in total. The van der Waals surface area contributed by atoms with Crippen LogP contribution in [0.2, 0.25) is 0 Å². The lowest BCUT2D eigenvalue weighted by molar-refractivity contribution is -0.274. The van der Waals surface area contributed by atoms with Crippen LogP contribution in [0.25, 0.3) is 0 Å². The molecule has 2 rings (SSSR count). The molecular formula is C16H17BrF3N3O2. The number of rotatable bonds is 5. The van der Waals surface area contributed by atoms with Crippen molar-refractivity contribution >= 4 is 21.8 Å². The number of carbonyl (C=O) groups is 1. The molecule has 0 bridgehead atoms. The standard InChI is InChI=1S/C16H17BrF3N3O2/c1-8(2)13-12(17)14(23-22-13)15(24)21-9(3)10-4-6-11(7-5-10)25-16(18,19)20/h4-9H,1-3H3,(H,21,24)(H,22,23). The molecule has 2 aromatic rings. The first-order valence-electron chi connectivity index (χ1n) is 7.48. The number of H-pyrrole nitrogens is 1. The Morgan fingerprint density at radius 1 is 1.24 bits per heavy atom. The van der Waals surface area contributed by atoms with Crippen molar-refractivity contribution in [3.8, 4) is 5.75 Å². The second-order valence-corrected chi connectivity index (χ2v) is 6.56. The van der Waals surface area contributed by atoms with E-state index >= 15 is 0 Å². The highest BCUT2D eigenvalue weighted by atomic mass is 79.9. The van der Waals surface area contributed by atoms with E-state index in [0.29, 0.717) is 10.0 Å². The zero-order chi connectivity index (χ0) is 18.8. The summed E-state index contributed by atoms with van der Waals surface area (Å²) in [5.41, 5.74) is 1.68. The van der Waals surface area contributed by atoms with Crippen molar-refractivity contribution in [2.75, 3.05) is 0 Å². The lowest BCUT2D eigenvalue weighted by atomic mass is 10.1. The van der Waals surface area contributed by atoms with Crippen LogP contribution in [0.15, 0.2) is 28.7 Å². The fourth-order valence-corrected chi connectivity index (χ4v) is 3.00. The fraction of sp³-hybridized carbons (Fsp3) is 0.375. The predicted molar refractivity (Wildman–Crippen MR) is 89.4 cm³/mol. The predicted octanol–water partition coefficient (Wildman–Crippen LogP) is 4.69. The number of amides is 1. The lowest BCUT2D eigenvalue weighted by Crippen LogP contribution is -2.27. The monoisotopic (exact) mass is 419 g/mol. The smallest absolute Gasteiger partial charge is 0.406 e. The number of benzene rings is 1. The number of aromatic amines is 1. The van der Waals surface area contributed by atoms with Crippen molar-refractivity contribution in [1.82, 2.24) is 15.5 Å². The van der Waals surface area contributed by atoms with Gasteiger partial charge in [0.25, 0.3) is 5.91 Å². The molecule has 0 aliphatic carbocycles. The average Bonchev–Trinajstić information content (AvgIpc) is 2.88. The van der Waals surface area contributed by atoms with E-state index in [0.717, 1.165) is 5.69 Å². The van der Waals surface area contributed by atoms with Gasteiger partial charge >= 0.3 is 6.36 Å². The molecule has 2 N–H and O–H groups in total. The Kier molecular flexibility index (Phi) is 5.76. The van der Waals surface area contributed by atoms with Crippen LogP contribution in [0.5, 0.6) is 5.75 Å². The van der Waals surface area contributed by atoms with Gasteiger partial charge in [-0.05, 0) is 46.5 Å². The molecule has 0 aliphatic rings. The summed E-state index contributed by atoms with van der Waals surface area (Å²) in [7, 11) is 0. The van der Waals surface area contributed by atoms with Crippen molar-refractivity contribution in [2.24, 2.45) is 0 Å². The molecule has 0 saturated heterocycles. The summed E-state index contributed by atoms with van der Waals surface area (Å²) in [4.78, 5) is 12.3. The molecule has 0 radical (unpaired) electrons. The molecule has 1 unspecified atom stereocenters. The molecule has 1 heterocycles. The van der Waals surface area contributed by atoms with Crippen molar-refractivity contribution in [1.29, 1.82) is 0 Å². The van der Waals surface area contributed by atoms with Gasteiger partial charge in [-0.25, -0.2) is 0 Å². The van der Waals surface area contributed by atoms with E-state index in [4.69, 9.17) is 0 Å². The van der Waals surface area contributed by atoms with Gasteiger partial charge < -0.3 is 10.1 Å². The largest absolute Gasteiger partial charge is 0.573 e. The van der Waals surface area contributed by atoms with Gasteiger partial charge in [0.1, 0.15) is 5.75 Å². The molecule has 1 atom stereocenters. The van der Waals surface area contributed by atoms with Crippen molar-refractivity contribution in [2.45, 2.75) is 39.1 Å². The Hall–Kier alpha value is -2.03. The average molecular weight is 420 g/mol. The number of alkyl halides is 3. The minimum absolute atomic E-state index is 0.169. The first-order chi connectivity index (χ1) is 11.6. The van der Waals surface area contributed by atoms with E-state index in [1.54, 1.807) is 6.92 Å². The summed E-state index contributed by atoms with van der Waals surface area (Å²) in [5, 5.41) is 9.58. The number of hydrogen-bond acceptors (Lipinski definition) is 3. The van der Waals surface area contributed by atoms with Crippen molar-refractivity contribution in [3.63, 3.8) is 0 Å². The maximum atomic E-state index is 12.3. The molecule has 1 amide bonds. The quantitative estimate of drug-likeness (QED) is 0.738. The van der Waals surface area contributed by atoms with Gasteiger partial charge in [-0.15, -0.1) is 13.2 Å². The molecule has 1 aromatic heterocycles. The number of halogens is 4. The van der Waals surface area contributed by atoms with Gasteiger partial charge in [-0.3, -0.25) is 9.89 Å². The molecule has 136 valence electrons. The number of hydrogen-bond donors (Lipinski definition) is 2. The summed E-state index contributed by atoms with van der Waals surface area (Å²) < 4.78 is 40.9. The molecular weight excluding hydrogens is 403 g/mol. The Labute approximate surface area is 151 Å². The van der Waals surface area contributed by atoms with E-state index in [1.165, 1.54) is 24.3 Å². The molecule has 1 aromatic carbocycles. The SMILES string of the molecule is CC(C)c1[nH]nc(C(=O)NC(C)c2ccc(OC(F)(F)F)cc2)c1Br. The fourth-order valence-electron chi connectivity index (χ4n) is 2.18. The highest BCUT2D eigenvalue weighted by molar-refractivity contribution is 9.10. The highest BCUT2D eigenvalue weighted by Gasteiger charge is 2.31. The van der Waals surface area contributed by atoms with Gasteiger partial charge in [-0.2, -0.15) is 5.10 Å². The van der Waals surface area contributed by atoms with Crippen molar-refractivity contribution in [3.05, 3.63) is 45.7 Å². The molecule has 0 saturated carbocycles. The van der Waals surface area contributed by atoms with Gasteiger partial charge in [0.2, 0.25) is 0 Å². The Bertz CT molecular complexity index is 742. The van der Waals surface area contributed by atoms with Crippen LogP contribution >= 0.6 is 15.9 Å². The van der Waals surface area contributed by atoms with E-state index in [9.17, 15) is 18.0 Å². The van der Waals surface area contributed by atoms with Crippen LogP contribution in [0.4, 0.5) is 13.2 Å². The summed E-state index contributed by atoms with van der Waals surface area (Å²) in [5.74, 6) is -0.536. The number of nitrogens with one attached hydrogen (secondary N) is 2. The lowest BCUT2D eigenvalue weighted by Gasteiger charge is -2.15. The van der Waals surface area contributed by atoms with E-state index in [-0.39, 0.29) is 17.4 Å². The minimum Gasteiger partial charge on any atom is -0.406 e. The van der Waals surface area contributed by atoms with Gasteiger partial charge in [-0.1, -0.05) is 26.0 Å². The van der Waals surface area contributed by atoms with Crippen LogP contribution in [0.1, 0.15) is 54.5 Å². The van der Waals surface area contributed by atoms with E-state index in [2.05, 4.69) is 36.2 Å². The maximum Gasteiger partial charge on any atom is 0.573 e. The third-order valence-corrected chi connectivity index (χ3v) is 4.29.